The molecule has 4 nitrogen and oxygen atoms in total. The number of pyridine rings is 1. The van der Waals surface area contributed by atoms with Gasteiger partial charge in [-0.25, -0.2) is 0 Å². The van der Waals surface area contributed by atoms with E-state index in [0.717, 1.165) is 55.5 Å². The summed E-state index contributed by atoms with van der Waals surface area (Å²) in [6.45, 7) is 0. The summed E-state index contributed by atoms with van der Waals surface area (Å²) in [5.74, 6) is 0. The third kappa shape index (κ3) is 4.49. The summed E-state index contributed by atoms with van der Waals surface area (Å²) in [5.41, 5.74) is 10.8. The van der Waals surface area contributed by atoms with E-state index in [4.69, 9.17) is 4.42 Å². The van der Waals surface area contributed by atoms with Crippen molar-refractivity contribution in [3.05, 3.63) is 176 Å². The van der Waals surface area contributed by atoms with Crippen molar-refractivity contribution in [1.29, 1.82) is 0 Å². The smallest absolute Gasteiger partial charge is 0.137 e. The second-order valence-electron chi connectivity index (χ2n) is 12.5. The molecular formula is C45H29N3O. The summed E-state index contributed by atoms with van der Waals surface area (Å²) >= 11 is 0. The number of hydrogen-bond acceptors (Lipinski definition) is 3. The zero-order valence-corrected chi connectivity index (χ0v) is 26.5. The third-order valence-electron chi connectivity index (χ3n) is 9.63. The topological polar surface area (TPSA) is 34.2 Å². The van der Waals surface area contributed by atoms with Crippen LogP contribution in [0, 0.1) is 0 Å². The summed E-state index contributed by atoms with van der Waals surface area (Å²) in [4.78, 5) is 6.64. The van der Waals surface area contributed by atoms with Gasteiger partial charge in [0.1, 0.15) is 11.2 Å². The Labute approximate surface area is 282 Å². The molecule has 10 rings (SSSR count). The van der Waals surface area contributed by atoms with Gasteiger partial charge in [0, 0.05) is 68.1 Å². The predicted molar refractivity (Wildman–Crippen MR) is 203 cm³/mol. The first-order chi connectivity index (χ1) is 24.3. The molecule has 0 saturated carbocycles. The van der Waals surface area contributed by atoms with E-state index in [-0.39, 0.29) is 0 Å². The molecule has 0 atom stereocenters. The molecule has 0 saturated heterocycles. The molecule has 0 bridgehead atoms. The molecule has 49 heavy (non-hydrogen) atoms. The van der Waals surface area contributed by atoms with Crippen molar-refractivity contribution in [1.82, 2.24) is 9.55 Å². The lowest BCUT2D eigenvalue weighted by Crippen LogP contribution is -2.09. The normalized spacial score (nSPS) is 11.7. The third-order valence-corrected chi connectivity index (χ3v) is 9.63. The first-order valence-electron chi connectivity index (χ1n) is 16.5. The summed E-state index contributed by atoms with van der Waals surface area (Å²) in [6.07, 6.45) is 3.72. The van der Waals surface area contributed by atoms with Crippen LogP contribution in [-0.4, -0.2) is 9.55 Å². The Kier molecular flexibility index (Phi) is 6.15. The fourth-order valence-electron chi connectivity index (χ4n) is 7.32. The Morgan fingerprint density at radius 1 is 0.449 bits per heavy atom. The number of furan rings is 1. The molecule has 4 heteroatoms. The van der Waals surface area contributed by atoms with E-state index in [1.807, 2.05) is 18.5 Å². The van der Waals surface area contributed by atoms with Crippen LogP contribution in [0.15, 0.2) is 181 Å². The highest BCUT2D eigenvalue weighted by atomic mass is 16.3. The maximum absolute atomic E-state index is 6.52. The Morgan fingerprint density at radius 2 is 1.12 bits per heavy atom. The van der Waals surface area contributed by atoms with Crippen LogP contribution in [0.2, 0.25) is 0 Å². The van der Waals surface area contributed by atoms with Gasteiger partial charge in [-0.3, -0.25) is 4.98 Å². The number of para-hydroxylation sites is 2. The maximum atomic E-state index is 6.52. The molecule has 0 aliphatic rings. The van der Waals surface area contributed by atoms with Gasteiger partial charge >= 0.3 is 0 Å². The average molecular weight is 628 g/mol. The number of rotatable bonds is 5. The number of anilines is 3. The molecule has 10 aromatic rings. The Hall–Kier alpha value is -6.65. The quantitative estimate of drug-likeness (QED) is 0.190. The van der Waals surface area contributed by atoms with E-state index in [2.05, 4.69) is 172 Å². The van der Waals surface area contributed by atoms with Gasteiger partial charge in [0.15, 0.2) is 0 Å². The van der Waals surface area contributed by atoms with Crippen LogP contribution in [0.4, 0.5) is 17.1 Å². The van der Waals surface area contributed by atoms with Gasteiger partial charge in [-0.15, -0.1) is 0 Å². The van der Waals surface area contributed by atoms with E-state index < -0.39 is 0 Å². The minimum Gasteiger partial charge on any atom is -0.456 e. The molecule has 3 aromatic heterocycles. The molecule has 7 aromatic carbocycles. The van der Waals surface area contributed by atoms with Gasteiger partial charge in [0.2, 0.25) is 0 Å². The lowest BCUT2D eigenvalue weighted by molar-refractivity contribution is 0.669. The van der Waals surface area contributed by atoms with Gasteiger partial charge in [0.25, 0.3) is 0 Å². The molecule has 0 aliphatic carbocycles. The van der Waals surface area contributed by atoms with Crippen molar-refractivity contribution in [2.75, 3.05) is 4.90 Å². The standard InChI is InChI=1S/C45H29N3O/c1-3-9-30(10-4-1)31-15-17-35(18-16-31)47(37-19-21-39-41-25-32-23-24-46-29-33(32)26-44(41)49-45(39)28-37)36-20-22-43-40(27-36)38-13-7-8-14-42(38)48(43)34-11-5-2-6-12-34/h1-29H. The van der Waals surface area contributed by atoms with E-state index in [9.17, 15) is 0 Å². The maximum Gasteiger partial charge on any atom is 0.137 e. The molecule has 0 spiro atoms. The van der Waals surface area contributed by atoms with Crippen LogP contribution in [-0.2, 0) is 0 Å². The van der Waals surface area contributed by atoms with E-state index in [0.29, 0.717) is 0 Å². The minimum absolute atomic E-state index is 0.850. The highest BCUT2D eigenvalue weighted by Crippen LogP contribution is 2.42. The lowest BCUT2D eigenvalue weighted by Gasteiger charge is -2.26. The Balaban J connectivity index is 1.18. The zero-order valence-electron chi connectivity index (χ0n) is 26.5. The van der Waals surface area contributed by atoms with Gasteiger partial charge in [-0.05, 0) is 95.4 Å². The van der Waals surface area contributed by atoms with Crippen LogP contribution in [0.25, 0.3) is 71.3 Å². The zero-order chi connectivity index (χ0) is 32.3. The first-order valence-corrected chi connectivity index (χ1v) is 16.5. The monoisotopic (exact) mass is 627 g/mol. The largest absolute Gasteiger partial charge is 0.456 e. The summed E-state index contributed by atoms with van der Waals surface area (Å²) in [7, 11) is 0. The first kappa shape index (κ1) is 27.5. The van der Waals surface area contributed by atoms with E-state index >= 15 is 0 Å². The second-order valence-corrected chi connectivity index (χ2v) is 12.5. The molecule has 230 valence electrons. The molecular weight excluding hydrogens is 599 g/mol. The van der Waals surface area contributed by atoms with Crippen LogP contribution in [0.1, 0.15) is 0 Å². The van der Waals surface area contributed by atoms with Crippen molar-refractivity contribution in [2.45, 2.75) is 0 Å². The highest BCUT2D eigenvalue weighted by molar-refractivity contribution is 6.12. The van der Waals surface area contributed by atoms with E-state index in [1.165, 1.54) is 32.9 Å². The van der Waals surface area contributed by atoms with Gasteiger partial charge in [-0.1, -0.05) is 78.9 Å². The molecule has 0 N–H and O–H groups in total. The Morgan fingerprint density at radius 3 is 1.98 bits per heavy atom. The number of benzene rings is 7. The van der Waals surface area contributed by atoms with Crippen molar-refractivity contribution in [3.63, 3.8) is 0 Å². The molecule has 3 heterocycles. The van der Waals surface area contributed by atoms with Crippen LogP contribution < -0.4 is 4.90 Å². The minimum atomic E-state index is 0.850. The summed E-state index contributed by atoms with van der Waals surface area (Å²) in [6, 6.07) is 58.3. The molecule has 0 amide bonds. The van der Waals surface area contributed by atoms with Crippen LogP contribution in [0.3, 0.4) is 0 Å². The number of nitrogens with zero attached hydrogens (tertiary/aromatic N) is 3. The number of hydrogen-bond donors (Lipinski definition) is 0. The van der Waals surface area contributed by atoms with Gasteiger partial charge in [-0.2, -0.15) is 0 Å². The lowest BCUT2D eigenvalue weighted by atomic mass is 10.0. The molecule has 0 fully saturated rings. The van der Waals surface area contributed by atoms with Crippen molar-refractivity contribution < 1.29 is 4.42 Å². The predicted octanol–water partition coefficient (Wildman–Crippen LogP) is 12.4. The molecule has 0 radical (unpaired) electrons. The molecule has 0 aliphatic heterocycles. The van der Waals surface area contributed by atoms with Gasteiger partial charge < -0.3 is 13.9 Å². The fraction of sp³-hybridized carbons (Fsp3) is 0. The van der Waals surface area contributed by atoms with Gasteiger partial charge in [0.05, 0.1) is 11.0 Å². The van der Waals surface area contributed by atoms with Crippen LogP contribution in [0.5, 0.6) is 0 Å². The Bertz CT molecular complexity index is 2820. The average Bonchev–Trinajstić information content (AvgIpc) is 3.69. The van der Waals surface area contributed by atoms with Crippen LogP contribution >= 0.6 is 0 Å². The number of aromatic nitrogens is 2. The summed E-state index contributed by atoms with van der Waals surface area (Å²) < 4.78 is 8.88. The highest BCUT2D eigenvalue weighted by Gasteiger charge is 2.19. The van der Waals surface area contributed by atoms with Crippen molar-refractivity contribution in [3.8, 4) is 16.8 Å². The molecule has 0 unspecified atom stereocenters. The van der Waals surface area contributed by atoms with Crippen molar-refractivity contribution in [2.24, 2.45) is 0 Å². The van der Waals surface area contributed by atoms with Crippen molar-refractivity contribution >= 4 is 71.6 Å². The number of fused-ring (bicyclic) bond motifs is 7. The summed E-state index contributed by atoms with van der Waals surface area (Å²) in [5, 5.41) is 6.84. The fourth-order valence-corrected chi connectivity index (χ4v) is 7.32. The van der Waals surface area contributed by atoms with E-state index in [1.54, 1.807) is 0 Å². The second kappa shape index (κ2) is 11.0. The SMILES string of the molecule is c1ccc(-c2ccc(N(c3ccc4c(c3)oc3cc5cnccc5cc34)c3ccc4c(c3)c3ccccc3n4-c3ccccc3)cc2)cc1.